The quantitative estimate of drug-likeness (QED) is 0.776. The molecule has 0 aliphatic carbocycles. The fraction of sp³-hybridized carbons (Fsp3) is 0.250. The van der Waals surface area contributed by atoms with Crippen molar-refractivity contribution in [2.75, 3.05) is 22.1 Å². The van der Waals surface area contributed by atoms with Crippen molar-refractivity contribution < 1.29 is 14.4 Å². The van der Waals surface area contributed by atoms with Gasteiger partial charge in [0, 0.05) is 35.6 Å². The Morgan fingerprint density at radius 3 is 2.26 bits per heavy atom. The number of aryl methyl sites for hydroxylation is 2. The van der Waals surface area contributed by atoms with E-state index < -0.39 is 11.8 Å². The van der Waals surface area contributed by atoms with Crippen molar-refractivity contribution in [2.45, 2.75) is 26.7 Å². The Bertz CT molecular complexity index is 927. The maximum atomic E-state index is 12.2. The third-order valence-electron chi connectivity index (χ3n) is 4.48. The van der Waals surface area contributed by atoms with Crippen molar-refractivity contribution >= 4 is 46.4 Å². The predicted molar refractivity (Wildman–Crippen MR) is 106 cm³/mol. The van der Waals surface area contributed by atoms with Crippen LogP contribution in [0.3, 0.4) is 0 Å². The predicted octanol–water partition coefficient (Wildman–Crippen LogP) is 3.52. The van der Waals surface area contributed by atoms with Gasteiger partial charge in [-0.15, -0.1) is 0 Å². The van der Waals surface area contributed by atoms with Crippen molar-refractivity contribution in [1.29, 1.82) is 0 Å². The molecule has 3 amide bonds. The van der Waals surface area contributed by atoms with Crippen LogP contribution in [0.2, 0.25) is 5.02 Å². The van der Waals surface area contributed by atoms with Gasteiger partial charge in [-0.2, -0.15) is 0 Å². The largest absolute Gasteiger partial charge is 0.318 e. The van der Waals surface area contributed by atoms with E-state index in [0.29, 0.717) is 22.9 Å². The van der Waals surface area contributed by atoms with Crippen LogP contribution in [0.4, 0.5) is 17.1 Å². The van der Waals surface area contributed by atoms with Crippen LogP contribution in [0.5, 0.6) is 0 Å². The van der Waals surface area contributed by atoms with Crippen molar-refractivity contribution in [3.05, 3.63) is 52.5 Å². The normalized spacial score (nSPS) is 12.9. The van der Waals surface area contributed by atoms with Gasteiger partial charge >= 0.3 is 11.8 Å². The first-order valence-electron chi connectivity index (χ1n) is 8.64. The first-order chi connectivity index (χ1) is 12.8. The van der Waals surface area contributed by atoms with Crippen LogP contribution in [0.15, 0.2) is 36.4 Å². The van der Waals surface area contributed by atoms with E-state index >= 15 is 0 Å². The Balaban J connectivity index is 1.72. The molecule has 0 unspecified atom stereocenters. The number of nitrogens with one attached hydrogen (secondary N) is 2. The minimum absolute atomic E-state index is 0.0478. The third kappa shape index (κ3) is 4.28. The molecule has 27 heavy (non-hydrogen) atoms. The van der Waals surface area contributed by atoms with E-state index in [9.17, 15) is 14.4 Å². The molecular formula is C20H20ClN3O3. The summed E-state index contributed by atoms with van der Waals surface area (Å²) in [6.45, 7) is 4.01. The molecule has 0 aromatic heterocycles. The first-order valence-corrected chi connectivity index (χ1v) is 9.02. The lowest BCUT2D eigenvalue weighted by atomic mass is 10.0. The lowest BCUT2D eigenvalue weighted by molar-refractivity contribution is -0.132. The van der Waals surface area contributed by atoms with E-state index in [0.717, 1.165) is 29.7 Å². The maximum absolute atomic E-state index is 12.2. The molecular weight excluding hydrogens is 366 g/mol. The Kier molecular flexibility index (Phi) is 5.46. The second-order valence-corrected chi connectivity index (χ2v) is 6.90. The number of amides is 3. The van der Waals surface area contributed by atoms with Crippen molar-refractivity contribution in [3.63, 3.8) is 0 Å². The van der Waals surface area contributed by atoms with E-state index in [1.807, 2.05) is 13.0 Å². The molecule has 0 bridgehead atoms. The van der Waals surface area contributed by atoms with Crippen LogP contribution >= 0.6 is 11.6 Å². The third-order valence-corrected chi connectivity index (χ3v) is 4.89. The van der Waals surface area contributed by atoms with Crippen molar-refractivity contribution in [2.24, 2.45) is 0 Å². The van der Waals surface area contributed by atoms with E-state index in [1.54, 1.807) is 35.2 Å². The van der Waals surface area contributed by atoms with E-state index in [2.05, 4.69) is 10.6 Å². The zero-order chi connectivity index (χ0) is 19.6. The van der Waals surface area contributed by atoms with Crippen molar-refractivity contribution in [1.82, 2.24) is 0 Å². The van der Waals surface area contributed by atoms with Crippen LogP contribution in [0.1, 0.15) is 24.5 Å². The highest BCUT2D eigenvalue weighted by Gasteiger charge is 2.21. The minimum atomic E-state index is -0.795. The highest BCUT2D eigenvalue weighted by molar-refractivity contribution is 6.43. The van der Waals surface area contributed by atoms with Gasteiger partial charge in [-0.1, -0.05) is 23.7 Å². The fourth-order valence-electron chi connectivity index (χ4n) is 3.03. The van der Waals surface area contributed by atoms with Crippen molar-refractivity contribution in [3.8, 4) is 0 Å². The summed E-state index contributed by atoms with van der Waals surface area (Å²) in [6.07, 6.45) is 1.78. The Morgan fingerprint density at radius 1 is 1.00 bits per heavy atom. The highest BCUT2D eigenvalue weighted by atomic mass is 35.5. The number of fused-ring (bicyclic) bond motifs is 1. The van der Waals surface area contributed by atoms with E-state index in [-0.39, 0.29) is 5.91 Å². The lowest BCUT2D eigenvalue weighted by Crippen LogP contribution is -2.34. The molecule has 0 atom stereocenters. The zero-order valence-electron chi connectivity index (χ0n) is 15.1. The summed E-state index contributed by atoms with van der Waals surface area (Å²) in [6, 6.07) is 10.4. The molecule has 140 valence electrons. The Hall–Kier alpha value is -2.86. The molecule has 1 aliphatic heterocycles. The van der Waals surface area contributed by atoms with Crippen LogP contribution in [0.25, 0.3) is 0 Å². The van der Waals surface area contributed by atoms with Crippen LogP contribution in [-0.2, 0) is 20.8 Å². The minimum Gasteiger partial charge on any atom is -0.318 e. The topological polar surface area (TPSA) is 78.5 Å². The van der Waals surface area contributed by atoms with Gasteiger partial charge in [-0.3, -0.25) is 14.4 Å². The molecule has 0 saturated heterocycles. The standard InChI is InChI=1S/C20H20ClN3O3/c1-12-5-7-15(10-17(12)21)22-19(26)20(27)23-16-8-6-14-4-3-9-24(13(2)25)18(14)11-16/h5-8,10-11H,3-4,9H2,1-2H3,(H,22,26)(H,23,27). The highest BCUT2D eigenvalue weighted by Crippen LogP contribution is 2.30. The van der Waals surface area contributed by atoms with Gasteiger partial charge in [-0.05, 0) is 55.2 Å². The Morgan fingerprint density at radius 2 is 1.63 bits per heavy atom. The zero-order valence-corrected chi connectivity index (χ0v) is 15.9. The van der Waals surface area contributed by atoms with E-state index in [4.69, 9.17) is 11.6 Å². The molecule has 0 fully saturated rings. The number of hydrogen-bond donors (Lipinski definition) is 2. The summed E-state index contributed by atoms with van der Waals surface area (Å²) in [5.74, 6) is -1.64. The van der Waals surface area contributed by atoms with Gasteiger partial charge in [-0.25, -0.2) is 0 Å². The van der Waals surface area contributed by atoms with Gasteiger partial charge in [0.05, 0.1) is 0 Å². The number of nitrogens with zero attached hydrogens (tertiary/aromatic N) is 1. The van der Waals surface area contributed by atoms with Gasteiger partial charge < -0.3 is 15.5 Å². The molecule has 2 N–H and O–H groups in total. The van der Waals surface area contributed by atoms with Crippen LogP contribution in [0, 0.1) is 6.92 Å². The molecule has 2 aromatic rings. The Labute approximate surface area is 162 Å². The van der Waals surface area contributed by atoms with Crippen LogP contribution < -0.4 is 15.5 Å². The number of halogens is 1. The number of anilines is 3. The summed E-state index contributed by atoms with van der Waals surface area (Å²) in [5, 5.41) is 5.60. The number of carbonyl (C=O) groups is 3. The van der Waals surface area contributed by atoms with E-state index in [1.165, 1.54) is 6.92 Å². The SMILES string of the molecule is CC(=O)N1CCCc2ccc(NC(=O)C(=O)Nc3ccc(C)c(Cl)c3)cc21. The summed E-state index contributed by atoms with van der Waals surface area (Å²) in [4.78, 5) is 37.9. The first kappa shape index (κ1) is 18.9. The number of carbonyl (C=O) groups excluding carboxylic acids is 3. The second-order valence-electron chi connectivity index (χ2n) is 6.49. The van der Waals surface area contributed by atoms with Gasteiger partial charge in [0.1, 0.15) is 0 Å². The number of hydrogen-bond acceptors (Lipinski definition) is 3. The molecule has 6 nitrogen and oxygen atoms in total. The lowest BCUT2D eigenvalue weighted by Gasteiger charge is -2.29. The van der Waals surface area contributed by atoms with Gasteiger partial charge in [0.2, 0.25) is 5.91 Å². The molecule has 0 radical (unpaired) electrons. The monoisotopic (exact) mass is 385 g/mol. The summed E-state index contributed by atoms with van der Waals surface area (Å²) in [7, 11) is 0. The fourth-order valence-corrected chi connectivity index (χ4v) is 3.21. The molecule has 1 heterocycles. The van der Waals surface area contributed by atoms with Crippen LogP contribution in [-0.4, -0.2) is 24.3 Å². The molecule has 0 saturated carbocycles. The summed E-state index contributed by atoms with van der Waals surface area (Å²) in [5.41, 5.74) is 3.61. The second kappa shape index (κ2) is 7.80. The molecule has 7 heteroatoms. The number of rotatable bonds is 2. The van der Waals surface area contributed by atoms with Gasteiger partial charge in [0.15, 0.2) is 0 Å². The smallest absolute Gasteiger partial charge is 0.314 e. The molecule has 3 rings (SSSR count). The molecule has 2 aromatic carbocycles. The maximum Gasteiger partial charge on any atom is 0.314 e. The summed E-state index contributed by atoms with van der Waals surface area (Å²) >= 11 is 6.03. The average molecular weight is 386 g/mol. The molecule has 1 aliphatic rings. The summed E-state index contributed by atoms with van der Waals surface area (Å²) < 4.78 is 0. The van der Waals surface area contributed by atoms with Gasteiger partial charge in [0.25, 0.3) is 0 Å². The number of benzene rings is 2. The molecule has 0 spiro atoms. The average Bonchev–Trinajstić information content (AvgIpc) is 2.64.